The molecule has 0 fully saturated rings. The Bertz CT molecular complexity index is 848. The van der Waals surface area contributed by atoms with Crippen LogP contribution in [0.1, 0.15) is 5.56 Å². The maximum atomic E-state index is 11.8. The number of benzene rings is 2. The van der Waals surface area contributed by atoms with Crippen LogP contribution < -0.4 is 16.4 Å². The quantitative estimate of drug-likeness (QED) is 0.636. The van der Waals surface area contributed by atoms with Gasteiger partial charge in [0.1, 0.15) is 11.3 Å². The van der Waals surface area contributed by atoms with Crippen molar-refractivity contribution in [3.05, 3.63) is 70.5 Å². The van der Waals surface area contributed by atoms with E-state index < -0.39 is 12.1 Å². The summed E-state index contributed by atoms with van der Waals surface area (Å²) in [6.45, 7) is 0.412. The van der Waals surface area contributed by atoms with Gasteiger partial charge in [-0.15, -0.1) is 5.11 Å². The molecule has 0 aliphatic carbocycles. The number of nitrogens with two attached hydrogens (primary N) is 1. The Morgan fingerprint density at radius 2 is 2.00 bits per heavy atom. The number of azo groups is 1. The average molecular weight is 358 g/mol. The minimum atomic E-state index is -0.682. The molecule has 8 heteroatoms. The third kappa shape index (κ3) is 4.07. The third-order valence-corrected chi connectivity index (χ3v) is 3.83. The van der Waals surface area contributed by atoms with Gasteiger partial charge in [-0.1, -0.05) is 29.8 Å². The Labute approximate surface area is 149 Å². The van der Waals surface area contributed by atoms with Gasteiger partial charge in [-0.05, 0) is 35.9 Å². The van der Waals surface area contributed by atoms with Crippen molar-refractivity contribution in [3.63, 3.8) is 0 Å². The van der Waals surface area contributed by atoms with Gasteiger partial charge in [-0.25, -0.2) is 0 Å². The molecule has 1 unspecified atom stereocenters. The van der Waals surface area contributed by atoms with E-state index in [1.807, 2.05) is 6.07 Å². The molecule has 1 amide bonds. The normalized spacial score (nSPS) is 16.1. The van der Waals surface area contributed by atoms with Crippen molar-refractivity contribution in [3.8, 4) is 5.75 Å². The predicted octanol–water partition coefficient (Wildman–Crippen LogP) is 2.74. The van der Waals surface area contributed by atoms with Gasteiger partial charge in [0.25, 0.3) is 5.91 Å². The second kappa shape index (κ2) is 7.23. The van der Waals surface area contributed by atoms with E-state index in [0.29, 0.717) is 23.1 Å². The molecule has 1 aliphatic heterocycles. The molecule has 0 aromatic heterocycles. The summed E-state index contributed by atoms with van der Waals surface area (Å²) in [6.07, 6.45) is -0.682. The Morgan fingerprint density at radius 1 is 1.24 bits per heavy atom. The van der Waals surface area contributed by atoms with E-state index in [0.717, 1.165) is 5.56 Å². The molecular weight excluding hydrogens is 342 g/mol. The van der Waals surface area contributed by atoms with Gasteiger partial charge in [0.05, 0.1) is 0 Å². The zero-order chi connectivity index (χ0) is 17.8. The van der Waals surface area contributed by atoms with Gasteiger partial charge in [0, 0.05) is 17.3 Å². The molecule has 0 spiro atoms. The van der Waals surface area contributed by atoms with E-state index in [1.54, 1.807) is 42.5 Å². The van der Waals surface area contributed by atoms with Crippen LogP contribution in [0.15, 0.2) is 70.2 Å². The first-order valence-corrected chi connectivity index (χ1v) is 7.89. The van der Waals surface area contributed by atoms with Crippen molar-refractivity contribution in [2.45, 2.75) is 12.7 Å². The van der Waals surface area contributed by atoms with Crippen LogP contribution in [0.25, 0.3) is 0 Å². The van der Waals surface area contributed by atoms with Crippen LogP contribution >= 0.6 is 11.6 Å². The van der Waals surface area contributed by atoms with E-state index in [1.165, 1.54) is 0 Å². The number of hydrogen-bond acceptors (Lipinski definition) is 6. The number of rotatable bonds is 6. The number of hydrogen-bond donors (Lipinski definition) is 4. The number of phenols is 1. The van der Waals surface area contributed by atoms with E-state index in [4.69, 9.17) is 17.3 Å². The molecule has 25 heavy (non-hydrogen) atoms. The fraction of sp³-hybridized carbons (Fsp3) is 0.118. The van der Waals surface area contributed by atoms with Crippen molar-refractivity contribution >= 4 is 23.2 Å². The second-order valence-corrected chi connectivity index (χ2v) is 5.86. The van der Waals surface area contributed by atoms with Crippen LogP contribution in [0, 0.1) is 0 Å². The molecule has 1 aliphatic rings. The molecule has 128 valence electrons. The maximum absolute atomic E-state index is 11.8. The van der Waals surface area contributed by atoms with Crippen molar-refractivity contribution in [1.29, 1.82) is 0 Å². The van der Waals surface area contributed by atoms with Crippen LogP contribution in [-0.2, 0) is 11.3 Å². The number of anilines is 1. The molecule has 0 saturated heterocycles. The van der Waals surface area contributed by atoms with Crippen molar-refractivity contribution < 1.29 is 9.90 Å². The number of primary amides is 1. The highest BCUT2D eigenvalue weighted by Gasteiger charge is 2.28. The topological polar surface area (TPSA) is 112 Å². The summed E-state index contributed by atoms with van der Waals surface area (Å²) in [5.74, 6) is -0.107. The highest BCUT2D eigenvalue weighted by Crippen LogP contribution is 2.24. The van der Waals surface area contributed by atoms with Crippen molar-refractivity contribution in [1.82, 2.24) is 5.32 Å². The van der Waals surface area contributed by atoms with Gasteiger partial charge >= 0.3 is 0 Å². The van der Waals surface area contributed by atoms with Gasteiger partial charge in [-0.2, -0.15) is 5.11 Å². The van der Waals surface area contributed by atoms with E-state index in [-0.39, 0.29) is 11.3 Å². The number of nitrogens with zero attached hydrogens (tertiary/aromatic N) is 2. The molecule has 1 heterocycles. The lowest BCUT2D eigenvalue weighted by atomic mass is 10.1. The van der Waals surface area contributed by atoms with E-state index in [2.05, 4.69) is 20.9 Å². The zero-order valence-electron chi connectivity index (χ0n) is 13.1. The van der Waals surface area contributed by atoms with Crippen LogP contribution in [0.4, 0.5) is 5.69 Å². The number of amides is 1. The van der Waals surface area contributed by atoms with Gasteiger partial charge in [0.15, 0.2) is 12.0 Å². The average Bonchev–Trinajstić information content (AvgIpc) is 2.97. The van der Waals surface area contributed by atoms with Crippen molar-refractivity contribution in [2.24, 2.45) is 16.0 Å². The molecule has 2 aromatic rings. The molecule has 1 atom stereocenters. The standard InChI is InChI=1S/C17H16ClN5O2/c18-11-2-1-3-12(8-11)21-17-14(15(19)25)16(22-23-17)20-9-10-4-6-13(24)7-5-10/h1-8,17,20-21,24H,9H2,(H2,19,25). The van der Waals surface area contributed by atoms with Crippen molar-refractivity contribution in [2.75, 3.05) is 5.32 Å². The first kappa shape index (κ1) is 16.8. The molecule has 5 N–H and O–H groups in total. The summed E-state index contributed by atoms with van der Waals surface area (Å²) in [4.78, 5) is 11.8. The fourth-order valence-corrected chi connectivity index (χ4v) is 2.57. The molecule has 3 rings (SSSR count). The maximum Gasteiger partial charge on any atom is 0.252 e. The SMILES string of the molecule is NC(=O)C1=C(NCc2ccc(O)cc2)N=NC1Nc1cccc(Cl)c1. The minimum Gasteiger partial charge on any atom is -0.508 e. The number of carbonyl (C=O) groups is 1. The van der Waals surface area contributed by atoms with E-state index in [9.17, 15) is 9.90 Å². The summed E-state index contributed by atoms with van der Waals surface area (Å²) in [5.41, 5.74) is 7.36. The summed E-state index contributed by atoms with van der Waals surface area (Å²) in [5, 5.41) is 24.1. The summed E-state index contributed by atoms with van der Waals surface area (Å²) in [6, 6.07) is 13.8. The summed E-state index contributed by atoms with van der Waals surface area (Å²) in [7, 11) is 0. The minimum absolute atomic E-state index is 0.187. The van der Waals surface area contributed by atoms with Gasteiger partial charge in [0.2, 0.25) is 0 Å². The van der Waals surface area contributed by atoms with Crippen LogP contribution in [0.2, 0.25) is 5.02 Å². The Hall–Kier alpha value is -3.06. The monoisotopic (exact) mass is 357 g/mol. The third-order valence-electron chi connectivity index (χ3n) is 3.59. The molecular formula is C17H16ClN5O2. The summed E-state index contributed by atoms with van der Waals surface area (Å²) >= 11 is 5.96. The van der Waals surface area contributed by atoms with Gasteiger partial charge < -0.3 is 21.5 Å². The largest absolute Gasteiger partial charge is 0.508 e. The van der Waals surface area contributed by atoms with Crippen LogP contribution in [0.5, 0.6) is 5.75 Å². The number of carbonyl (C=O) groups excluding carboxylic acids is 1. The first-order valence-electron chi connectivity index (χ1n) is 7.51. The smallest absolute Gasteiger partial charge is 0.252 e. The highest BCUT2D eigenvalue weighted by molar-refractivity contribution is 6.30. The number of phenolic OH excluding ortho intramolecular Hbond substituents is 1. The number of aromatic hydroxyl groups is 1. The lowest BCUT2D eigenvalue weighted by molar-refractivity contribution is -0.114. The number of nitrogens with one attached hydrogen (secondary N) is 2. The predicted molar refractivity (Wildman–Crippen MR) is 94.9 cm³/mol. The summed E-state index contributed by atoms with van der Waals surface area (Å²) < 4.78 is 0. The van der Waals surface area contributed by atoms with Crippen LogP contribution in [0.3, 0.4) is 0 Å². The van der Waals surface area contributed by atoms with E-state index >= 15 is 0 Å². The van der Waals surface area contributed by atoms with Crippen LogP contribution in [-0.4, -0.2) is 17.2 Å². The lowest BCUT2D eigenvalue weighted by Gasteiger charge is -2.13. The Balaban J connectivity index is 1.74. The number of halogens is 1. The zero-order valence-corrected chi connectivity index (χ0v) is 13.9. The first-order chi connectivity index (χ1) is 12.0. The Kier molecular flexibility index (Phi) is 4.85. The second-order valence-electron chi connectivity index (χ2n) is 5.42. The molecule has 0 radical (unpaired) electrons. The fourth-order valence-electron chi connectivity index (χ4n) is 2.38. The van der Waals surface area contributed by atoms with Gasteiger partial charge in [-0.3, -0.25) is 4.79 Å². The molecule has 7 nitrogen and oxygen atoms in total. The molecule has 0 bridgehead atoms. The molecule has 2 aromatic carbocycles. The lowest BCUT2D eigenvalue weighted by Crippen LogP contribution is -2.29. The molecule has 0 saturated carbocycles. The highest BCUT2D eigenvalue weighted by atomic mass is 35.5. The Morgan fingerprint density at radius 3 is 2.68 bits per heavy atom.